The summed E-state index contributed by atoms with van der Waals surface area (Å²) in [5.74, 6) is -0.838. The third-order valence-corrected chi connectivity index (χ3v) is 6.79. The summed E-state index contributed by atoms with van der Waals surface area (Å²) >= 11 is 0. The van der Waals surface area contributed by atoms with Crippen LogP contribution in [0, 0.1) is 19.8 Å². The molecule has 0 radical (unpaired) electrons. The van der Waals surface area contributed by atoms with E-state index in [0.717, 1.165) is 24.8 Å². The molecule has 0 aliphatic heterocycles. The predicted octanol–water partition coefficient (Wildman–Crippen LogP) is 5.62. The number of benzene rings is 2. The highest BCUT2D eigenvalue weighted by Crippen LogP contribution is 2.36. The molecule has 2 unspecified atom stereocenters. The van der Waals surface area contributed by atoms with Crippen LogP contribution in [0.25, 0.3) is 0 Å². The number of alkyl carbamates (subject to hydrolysis) is 1. The fourth-order valence-electron chi connectivity index (χ4n) is 4.49. The van der Waals surface area contributed by atoms with Crippen LogP contribution in [0.15, 0.2) is 42.5 Å². The van der Waals surface area contributed by atoms with Crippen LogP contribution >= 0.6 is 0 Å². The molecular formula is C30H41N3O5. The number of rotatable bonds is 8. The standard InChI is InChI=1S/C30H41N3O5/c1-18(2)25(32-29(37)38-30(5,6)7)28(36)33(22-12-10-13-22)26(21-15-16-24(34)20(4)17-21)27(35)31-23-14-9-8-11-19(23)3/h8-9,11,14-18,22,25-26,34H,10,12-13H2,1-7H3,(H,31,35)(H,32,37). The monoisotopic (exact) mass is 523 g/mol. The van der Waals surface area contributed by atoms with E-state index >= 15 is 0 Å². The number of para-hydroxylation sites is 1. The summed E-state index contributed by atoms with van der Waals surface area (Å²) in [5, 5.41) is 15.9. The number of hydrogen-bond acceptors (Lipinski definition) is 5. The van der Waals surface area contributed by atoms with Gasteiger partial charge in [0.05, 0.1) is 0 Å². The first-order valence-electron chi connectivity index (χ1n) is 13.3. The Morgan fingerprint density at radius 1 is 1.03 bits per heavy atom. The van der Waals surface area contributed by atoms with Crippen molar-refractivity contribution < 1.29 is 24.2 Å². The number of nitrogens with one attached hydrogen (secondary N) is 2. The molecule has 1 saturated carbocycles. The average Bonchev–Trinajstić information content (AvgIpc) is 2.78. The third kappa shape index (κ3) is 7.05. The van der Waals surface area contributed by atoms with Gasteiger partial charge in [-0.05, 0) is 94.7 Å². The van der Waals surface area contributed by atoms with Crippen molar-refractivity contribution >= 4 is 23.6 Å². The number of carbonyl (C=O) groups excluding carboxylic acids is 3. The minimum absolute atomic E-state index is 0.111. The van der Waals surface area contributed by atoms with Crippen molar-refractivity contribution in [3.63, 3.8) is 0 Å². The van der Waals surface area contributed by atoms with Crippen LogP contribution in [-0.4, -0.2) is 45.6 Å². The summed E-state index contributed by atoms with van der Waals surface area (Å²) in [7, 11) is 0. The topological polar surface area (TPSA) is 108 Å². The van der Waals surface area contributed by atoms with Crippen LogP contribution in [-0.2, 0) is 14.3 Å². The lowest BCUT2D eigenvalue weighted by molar-refractivity contribution is -0.146. The second-order valence-electron chi connectivity index (χ2n) is 11.5. The first kappa shape index (κ1) is 29.0. The molecule has 3 amide bonds. The summed E-state index contributed by atoms with van der Waals surface area (Å²) < 4.78 is 5.43. The SMILES string of the molecule is Cc1cc(C(C(=O)Nc2ccccc2C)N(C(=O)C(NC(=O)OC(C)(C)C)C(C)C)C2CCC2)ccc1O. The molecule has 2 aromatic carbocycles. The van der Waals surface area contributed by atoms with Gasteiger partial charge in [-0.15, -0.1) is 0 Å². The molecule has 3 N–H and O–H groups in total. The summed E-state index contributed by atoms with van der Waals surface area (Å²) in [6.07, 6.45) is 1.78. The number of carbonyl (C=O) groups is 3. The molecule has 1 fully saturated rings. The van der Waals surface area contributed by atoms with Crippen molar-refractivity contribution in [2.24, 2.45) is 5.92 Å². The molecule has 2 aromatic rings. The van der Waals surface area contributed by atoms with Gasteiger partial charge in [-0.1, -0.05) is 38.1 Å². The fraction of sp³-hybridized carbons (Fsp3) is 0.500. The number of anilines is 1. The van der Waals surface area contributed by atoms with Gasteiger partial charge in [0.1, 0.15) is 23.4 Å². The Balaban J connectivity index is 2.05. The molecule has 8 heteroatoms. The van der Waals surface area contributed by atoms with E-state index in [2.05, 4.69) is 10.6 Å². The quantitative estimate of drug-likeness (QED) is 0.416. The molecule has 8 nitrogen and oxygen atoms in total. The van der Waals surface area contributed by atoms with Crippen LogP contribution in [0.5, 0.6) is 5.75 Å². The minimum atomic E-state index is -0.964. The number of phenolic OH excluding ortho intramolecular Hbond substituents is 1. The van der Waals surface area contributed by atoms with Crippen LogP contribution < -0.4 is 10.6 Å². The van der Waals surface area contributed by atoms with Gasteiger partial charge in [-0.25, -0.2) is 4.79 Å². The lowest BCUT2D eigenvalue weighted by atomic mass is 9.87. The van der Waals surface area contributed by atoms with E-state index in [0.29, 0.717) is 16.8 Å². The molecule has 0 bridgehead atoms. The highest BCUT2D eigenvalue weighted by atomic mass is 16.6. The highest BCUT2D eigenvalue weighted by Gasteiger charge is 2.43. The Morgan fingerprint density at radius 3 is 2.21 bits per heavy atom. The molecule has 0 saturated heterocycles. The fourth-order valence-corrected chi connectivity index (χ4v) is 4.49. The van der Waals surface area contributed by atoms with Gasteiger partial charge in [0.25, 0.3) is 5.91 Å². The Bertz CT molecular complexity index is 1170. The molecule has 0 heterocycles. The van der Waals surface area contributed by atoms with Crippen molar-refractivity contribution in [2.45, 2.75) is 91.5 Å². The average molecular weight is 524 g/mol. The van der Waals surface area contributed by atoms with E-state index in [-0.39, 0.29) is 29.5 Å². The van der Waals surface area contributed by atoms with Crippen LogP contribution in [0.2, 0.25) is 0 Å². The number of ether oxygens (including phenoxy) is 1. The largest absolute Gasteiger partial charge is 0.508 e. The minimum Gasteiger partial charge on any atom is -0.508 e. The highest BCUT2D eigenvalue weighted by molar-refractivity contribution is 5.99. The number of aryl methyl sites for hydroxylation is 2. The Morgan fingerprint density at radius 2 is 1.68 bits per heavy atom. The zero-order valence-corrected chi connectivity index (χ0v) is 23.5. The summed E-state index contributed by atoms with van der Waals surface area (Å²) in [6, 6.07) is 10.4. The van der Waals surface area contributed by atoms with E-state index in [1.54, 1.807) is 50.8 Å². The molecule has 3 rings (SSSR count). The molecule has 2 atom stereocenters. The van der Waals surface area contributed by atoms with E-state index < -0.39 is 23.8 Å². The zero-order chi connectivity index (χ0) is 28.2. The first-order chi connectivity index (χ1) is 17.8. The Labute approximate surface area is 225 Å². The van der Waals surface area contributed by atoms with Crippen molar-refractivity contribution in [2.75, 3.05) is 5.32 Å². The van der Waals surface area contributed by atoms with Gasteiger partial charge in [0.2, 0.25) is 5.91 Å². The van der Waals surface area contributed by atoms with Gasteiger partial charge in [0.15, 0.2) is 0 Å². The lowest BCUT2D eigenvalue weighted by Gasteiger charge is -2.44. The normalized spacial score (nSPS) is 15.3. The second-order valence-corrected chi connectivity index (χ2v) is 11.5. The van der Waals surface area contributed by atoms with E-state index in [9.17, 15) is 19.5 Å². The Hall–Kier alpha value is -3.55. The number of amides is 3. The van der Waals surface area contributed by atoms with Crippen molar-refractivity contribution in [3.05, 3.63) is 59.2 Å². The molecule has 1 aliphatic rings. The number of hydrogen-bond donors (Lipinski definition) is 3. The van der Waals surface area contributed by atoms with Crippen molar-refractivity contribution in [1.82, 2.24) is 10.2 Å². The summed E-state index contributed by atoms with van der Waals surface area (Å²) in [6.45, 7) is 12.7. The summed E-state index contributed by atoms with van der Waals surface area (Å²) in [5.41, 5.74) is 2.03. The van der Waals surface area contributed by atoms with Crippen molar-refractivity contribution in [3.8, 4) is 5.75 Å². The van der Waals surface area contributed by atoms with Gasteiger partial charge >= 0.3 is 6.09 Å². The molecule has 1 aliphatic carbocycles. The third-order valence-electron chi connectivity index (χ3n) is 6.79. The predicted molar refractivity (Wildman–Crippen MR) is 148 cm³/mol. The van der Waals surface area contributed by atoms with Gasteiger partial charge in [-0.3, -0.25) is 9.59 Å². The van der Waals surface area contributed by atoms with E-state index in [4.69, 9.17) is 4.74 Å². The van der Waals surface area contributed by atoms with Gasteiger partial charge < -0.3 is 25.4 Å². The summed E-state index contributed by atoms with van der Waals surface area (Å²) in [4.78, 5) is 42.5. The number of nitrogens with zero attached hydrogens (tertiary/aromatic N) is 1. The van der Waals surface area contributed by atoms with Crippen LogP contribution in [0.4, 0.5) is 10.5 Å². The van der Waals surface area contributed by atoms with Crippen molar-refractivity contribution in [1.29, 1.82) is 0 Å². The smallest absolute Gasteiger partial charge is 0.408 e. The molecule has 0 aromatic heterocycles. The molecule has 206 valence electrons. The number of aromatic hydroxyl groups is 1. The van der Waals surface area contributed by atoms with Crippen LogP contribution in [0.1, 0.15) is 76.6 Å². The Kier molecular flexibility index (Phi) is 9.07. The van der Waals surface area contributed by atoms with Crippen LogP contribution in [0.3, 0.4) is 0 Å². The zero-order valence-electron chi connectivity index (χ0n) is 23.5. The van der Waals surface area contributed by atoms with Gasteiger partial charge in [-0.2, -0.15) is 0 Å². The molecule has 0 spiro atoms. The second kappa shape index (κ2) is 11.9. The number of phenols is 1. The maximum Gasteiger partial charge on any atom is 0.408 e. The van der Waals surface area contributed by atoms with E-state index in [1.165, 1.54) is 0 Å². The maximum atomic E-state index is 14.2. The maximum absolute atomic E-state index is 14.2. The molecule has 38 heavy (non-hydrogen) atoms. The van der Waals surface area contributed by atoms with Gasteiger partial charge in [0, 0.05) is 11.7 Å². The lowest BCUT2D eigenvalue weighted by Crippen LogP contribution is -2.58. The first-order valence-corrected chi connectivity index (χ1v) is 13.3. The molecular weight excluding hydrogens is 482 g/mol. The van der Waals surface area contributed by atoms with E-state index in [1.807, 2.05) is 45.0 Å².